The molecule has 3 rings (SSSR count). The summed E-state index contributed by atoms with van der Waals surface area (Å²) in [6, 6.07) is 13.0. The molecule has 26 heavy (non-hydrogen) atoms. The molecule has 1 heterocycles. The number of piperazine rings is 1. The van der Waals surface area contributed by atoms with Crippen molar-refractivity contribution in [1.82, 2.24) is 10.2 Å². The van der Waals surface area contributed by atoms with Gasteiger partial charge in [0.2, 0.25) is 5.91 Å². The van der Waals surface area contributed by atoms with Gasteiger partial charge in [-0.2, -0.15) is 0 Å². The first-order valence-corrected chi connectivity index (χ1v) is 8.73. The van der Waals surface area contributed by atoms with Crippen LogP contribution in [0.4, 0.5) is 10.1 Å². The van der Waals surface area contributed by atoms with Gasteiger partial charge in [-0.05, 0) is 42.5 Å². The highest BCUT2D eigenvalue weighted by Crippen LogP contribution is 2.19. The van der Waals surface area contributed by atoms with Crippen molar-refractivity contribution in [3.63, 3.8) is 0 Å². The molecule has 5 nitrogen and oxygen atoms in total. The minimum absolute atomic E-state index is 0.101. The maximum atomic E-state index is 13.1. The van der Waals surface area contributed by atoms with Crippen molar-refractivity contribution in [2.24, 2.45) is 0 Å². The normalized spacial score (nSPS) is 14.2. The van der Waals surface area contributed by atoms with Crippen LogP contribution in [-0.4, -0.2) is 49.4 Å². The topological polar surface area (TPSA) is 52.7 Å². The van der Waals surface area contributed by atoms with Crippen molar-refractivity contribution < 1.29 is 14.0 Å². The van der Waals surface area contributed by atoms with Gasteiger partial charge in [0.1, 0.15) is 5.82 Å². The highest BCUT2D eigenvalue weighted by atomic mass is 35.5. The second-order valence-corrected chi connectivity index (χ2v) is 6.47. The monoisotopic (exact) mass is 375 g/mol. The maximum Gasteiger partial charge on any atom is 0.251 e. The molecule has 0 aliphatic carbocycles. The van der Waals surface area contributed by atoms with Gasteiger partial charge in [0.05, 0.1) is 6.54 Å². The number of amides is 2. The van der Waals surface area contributed by atoms with E-state index in [0.717, 1.165) is 11.8 Å². The Balaban J connectivity index is 1.47. The molecule has 0 atom stereocenters. The molecule has 0 aromatic heterocycles. The van der Waals surface area contributed by atoms with E-state index in [1.807, 2.05) is 24.3 Å². The summed E-state index contributed by atoms with van der Waals surface area (Å²) in [5.74, 6) is -1.09. The van der Waals surface area contributed by atoms with Gasteiger partial charge in [-0.15, -0.1) is 0 Å². The van der Waals surface area contributed by atoms with Crippen LogP contribution >= 0.6 is 11.6 Å². The van der Waals surface area contributed by atoms with Crippen molar-refractivity contribution in [1.29, 1.82) is 0 Å². The largest absolute Gasteiger partial charge is 0.368 e. The summed E-state index contributed by atoms with van der Waals surface area (Å²) in [4.78, 5) is 28.2. The third-order valence-corrected chi connectivity index (χ3v) is 4.56. The average Bonchev–Trinajstić information content (AvgIpc) is 2.66. The fraction of sp³-hybridized carbons (Fsp3) is 0.263. The van der Waals surface area contributed by atoms with Crippen molar-refractivity contribution in [3.05, 3.63) is 64.9 Å². The number of hydrogen-bond acceptors (Lipinski definition) is 3. The van der Waals surface area contributed by atoms with Crippen molar-refractivity contribution in [3.8, 4) is 0 Å². The Morgan fingerprint density at radius 1 is 1.04 bits per heavy atom. The minimum atomic E-state index is -0.484. The van der Waals surface area contributed by atoms with Crippen LogP contribution in [0.15, 0.2) is 48.5 Å². The summed E-state index contributed by atoms with van der Waals surface area (Å²) in [5, 5.41) is 3.24. The molecule has 2 aromatic rings. The fourth-order valence-electron chi connectivity index (χ4n) is 2.87. The van der Waals surface area contributed by atoms with Gasteiger partial charge in [-0.25, -0.2) is 4.39 Å². The van der Waals surface area contributed by atoms with Gasteiger partial charge >= 0.3 is 0 Å². The third kappa shape index (κ3) is 4.52. The lowest BCUT2D eigenvalue weighted by Crippen LogP contribution is -2.51. The van der Waals surface area contributed by atoms with Crippen LogP contribution < -0.4 is 10.2 Å². The lowest BCUT2D eigenvalue weighted by Gasteiger charge is -2.36. The van der Waals surface area contributed by atoms with E-state index < -0.39 is 11.7 Å². The van der Waals surface area contributed by atoms with E-state index in [1.54, 1.807) is 4.90 Å². The first-order chi connectivity index (χ1) is 12.5. The van der Waals surface area contributed by atoms with Crippen LogP contribution in [-0.2, 0) is 4.79 Å². The zero-order valence-corrected chi connectivity index (χ0v) is 14.9. The van der Waals surface area contributed by atoms with Crippen molar-refractivity contribution in [2.75, 3.05) is 37.6 Å². The van der Waals surface area contributed by atoms with E-state index in [0.29, 0.717) is 31.2 Å². The van der Waals surface area contributed by atoms with E-state index in [2.05, 4.69) is 10.2 Å². The van der Waals surface area contributed by atoms with E-state index in [1.165, 1.54) is 18.2 Å². The number of rotatable bonds is 4. The van der Waals surface area contributed by atoms with Gasteiger partial charge in [-0.1, -0.05) is 17.7 Å². The summed E-state index contributed by atoms with van der Waals surface area (Å²) in [5.41, 5.74) is 1.27. The summed E-state index contributed by atoms with van der Waals surface area (Å²) in [6.45, 7) is 2.49. The van der Waals surface area contributed by atoms with Crippen molar-refractivity contribution in [2.45, 2.75) is 0 Å². The summed E-state index contributed by atoms with van der Waals surface area (Å²) < 4.78 is 13.1. The molecular weight excluding hydrogens is 357 g/mol. The summed E-state index contributed by atoms with van der Waals surface area (Å²) >= 11 is 5.90. The van der Waals surface area contributed by atoms with Crippen LogP contribution in [0.3, 0.4) is 0 Å². The molecular formula is C19H19ClFN3O2. The van der Waals surface area contributed by atoms with Crippen molar-refractivity contribution >= 4 is 29.1 Å². The molecule has 0 bridgehead atoms. The van der Waals surface area contributed by atoms with Crippen LogP contribution in [0.1, 0.15) is 10.4 Å². The quantitative estimate of drug-likeness (QED) is 0.893. The van der Waals surface area contributed by atoms with E-state index in [4.69, 9.17) is 11.6 Å². The molecule has 0 saturated carbocycles. The molecule has 1 aliphatic heterocycles. The van der Waals surface area contributed by atoms with E-state index in [-0.39, 0.29) is 18.0 Å². The molecule has 1 aliphatic rings. The average molecular weight is 376 g/mol. The van der Waals surface area contributed by atoms with Crippen LogP contribution in [0.25, 0.3) is 0 Å². The second kappa shape index (κ2) is 8.19. The lowest BCUT2D eigenvalue weighted by atomic mass is 10.2. The molecule has 0 spiro atoms. The number of carbonyl (C=O) groups excluding carboxylic acids is 2. The highest BCUT2D eigenvalue weighted by molar-refractivity contribution is 6.30. The predicted molar refractivity (Wildman–Crippen MR) is 99.0 cm³/mol. The zero-order chi connectivity index (χ0) is 18.5. The standard InChI is InChI=1S/C19H19ClFN3O2/c20-15-4-6-17(7-5-15)23-8-10-24(11-9-23)18(25)13-22-19(26)14-2-1-3-16(21)12-14/h1-7,12H,8-11,13H2,(H,22,26). The Morgan fingerprint density at radius 2 is 1.73 bits per heavy atom. The Labute approximate surface area is 156 Å². The smallest absolute Gasteiger partial charge is 0.251 e. The molecule has 7 heteroatoms. The number of benzene rings is 2. The number of anilines is 1. The number of hydrogen-bond donors (Lipinski definition) is 1. The van der Waals surface area contributed by atoms with Gasteiger partial charge in [-0.3, -0.25) is 9.59 Å². The molecule has 1 N–H and O–H groups in total. The predicted octanol–water partition coefficient (Wildman–Crippen LogP) is 2.56. The molecule has 0 unspecified atom stereocenters. The fourth-order valence-corrected chi connectivity index (χ4v) is 2.99. The molecule has 2 aromatic carbocycles. The molecule has 0 radical (unpaired) electrons. The molecule has 136 valence electrons. The van der Waals surface area contributed by atoms with E-state index >= 15 is 0 Å². The second-order valence-electron chi connectivity index (χ2n) is 6.04. The first kappa shape index (κ1) is 18.2. The third-order valence-electron chi connectivity index (χ3n) is 4.31. The maximum absolute atomic E-state index is 13.1. The van der Waals surface area contributed by atoms with E-state index in [9.17, 15) is 14.0 Å². The van der Waals surface area contributed by atoms with Gasteiger partial charge in [0.25, 0.3) is 5.91 Å². The molecule has 1 fully saturated rings. The summed E-state index contributed by atoms with van der Waals surface area (Å²) in [6.07, 6.45) is 0. The number of nitrogens with zero attached hydrogens (tertiary/aromatic N) is 2. The van der Waals surface area contributed by atoms with Gasteiger partial charge in [0, 0.05) is 42.5 Å². The number of carbonyl (C=O) groups is 2. The highest BCUT2D eigenvalue weighted by Gasteiger charge is 2.21. The zero-order valence-electron chi connectivity index (χ0n) is 14.1. The number of halogens is 2. The SMILES string of the molecule is O=C(NCC(=O)N1CCN(c2ccc(Cl)cc2)CC1)c1cccc(F)c1. The van der Waals surface area contributed by atoms with Crippen LogP contribution in [0.2, 0.25) is 5.02 Å². The Bertz CT molecular complexity index is 790. The molecule has 2 amide bonds. The van der Waals surface area contributed by atoms with Gasteiger partial charge in [0.15, 0.2) is 0 Å². The minimum Gasteiger partial charge on any atom is -0.368 e. The lowest BCUT2D eigenvalue weighted by molar-refractivity contribution is -0.130. The summed E-state index contributed by atoms with van der Waals surface area (Å²) in [7, 11) is 0. The van der Waals surface area contributed by atoms with Crippen LogP contribution in [0, 0.1) is 5.82 Å². The van der Waals surface area contributed by atoms with Gasteiger partial charge < -0.3 is 15.1 Å². The Morgan fingerprint density at radius 3 is 2.38 bits per heavy atom. The number of nitrogens with one attached hydrogen (secondary N) is 1. The van der Waals surface area contributed by atoms with Crippen LogP contribution in [0.5, 0.6) is 0 Å². The molecule has 1 saturated heterocycles. The Kier molecular flexibility index (Phi) is 5.73. The first-order valence-electron chi connectivity index (χ1n) is 8.35. The Hall–Kier alpha value is -2.60.